The van der Waals surface area contributed by atoms with E-state index in [1.165, 1.54) is 7.05 Å². The van der Waals surface area contributed by atoms with Crippen molar-refractivity contribution in [1.82, 2.24) is 9.29 Å². The molecule has 158 valence electrons. The van der Waals surface area contributed by atoms with Gasteiger partial charge in [-0.3, -0.25) is 4.79 Å². The third-order valence-electron chi connectivity index (χ3n) is 4.97. The summed E-state index contributed by atoms with van der Waals surface area (Å²) in [6.45, 7) is -0.188. The lowest BCUT2D eigenvalue weighted by molar-refractivity contribution is 0.101. The van der Waals surface area contributed by atoms with Crippen LogP contribution in [0, 0.1) is 23.4 Å². The fourth-order valence-corrected chi connectivity index (χ4v) is 4.92. The van der Waals surface area contributed by atoms with Crippen molar-refractivity contribution in [1.29, 1.82) is 0 Å². The molecule has 0 spiro atoms. The van der Waals surface area contributed by atoms with Crippen LogP contribution in [0.2, 0.25) is 0 Å². The number of rotatable bonds is 6. The number of amides is 1. The van der Waals surface area contributed by atoms with Crippen molar-refractivity contribution in [3.8, 4) is 0 Å². The zero-order chi connectivity index (χ0) is 21.3. The monoisotopic (exact) mass is 431 g/mol. The van der Waals surface area contributed by atoms with E-state index < -0.39 is 50.0 Å². The predicted molar refractivity (Wildman–Crippen MR) is 98.2 cm³/mol. The summed E-state index contributed by atoms with van der Waals surface area (Å²) in [5, 5.41) is 11.5. The fourth-order valence-electron chi connectivity index (χ4n) is 3.45. The Balaban J connectivity index is 1.85. The summed E-state index contributed by atoms with van der Waals surface area (Å²) >= 11 is 0. The van der Waals surface area contributed by atoms with Crippen LogP contribution in [0.25, 0.3) is 0 Å². The van der Waals surface area contributed by atoms with Crippen LogP contribution in [0.1, 0.15) is 29.8 Å². The molecule has 0 bridgehead atoms. The molecule has 1 amide bonds. The predicted octanol–water partition coefficient (Wildman–Crippen LogP) is 2.13. The van der Waals surface area contributed by atoms with Crippen molar-refractivity contribution in [2.45, 2.75) is 30.2 Å². The molecule has 1 aliphatic carbocycles. The van der Waals surface area contributed by atoms with Gasteiger partial charge in [0.25, 0.3) is 5.91 Å². The summed E-state index contributed by atoms with van der Waals surface area (Å²) in [6, 6.07) is 2.09. The molecule has 7 nitrogen and oxygen atoms in total. The van der Waals surface area contributed by atoms with Crippen molar-refractivity contribution in [3.63, 3.8) is 0 Å². The number of nitrogens with zero attached hydrogens (tertiary/aromatic N) is 1. The van der Waals surface area contributed by atoms with Crippen LogP contribution in [0.4, 0.5) is 18.9 Å². The molecule has 3 rings (SSSR count). The number of hydrogen-bond donors (Lipinski definition) is 3. The first kappa shape index (κ1) is 21.3. The SMILES string of the molecule is Cn1cc(S(=O)(=O)N[C@H]2CCC[C@@H]2CO)c(F)c1C(=O)Nc1ccc(F)c(F)c1. The lowest BCUT2D eigenvalue weighted by atomic mass is 10.1. The molecule has 3 N–H and O–H groups in total. The van der Waals surface area contributed by atoms with Gasteiger partial charge >= 0.3 is 0 Å². The van der Waals surface area contributed by atoms with Crippen LogP contribution in [0.5, 0.6) is 0 Å². The highest BCUT2D eigenvalue weighted by Crippen LogP contribution is 2.28. The summed E-state index contributed by atoms with van der Waals surface area (Å²) in [6.07, 6.45) is 2.86. The highest BCUT2D eigenvalue weighted by Gasteiger charge is 2.34. The van der Waals surface area contributed by atoms with Gasteiger partial charge in [-0.05, 0) is 30.9 Å². The number of sulfonamides is 1. The van der Waals surface area contributed by atoms with Gasteiger partial charge < -0.3 is 15.0 Å². The molecule has 0 unspecified atom stereocenters. The maximum absolute atomic E-state index is 14.9. The normalized spacial score (nSPS) is 19.5. The molecule has 0 aliphatic heterocycles. The van der Waals surface area contributed by atoms with E-state index in [1.807, 2.05) is 0 Å². The second-order valence-electron chi connectivity index (χ2n) is 6.95. The molecule has 1 fully saturated rings. The molecule has 1 aliphatic rings. The zero-order valence-corrected chi connectivity index (χ0v) is 16.3. The van der Waals surface area contributed by atoms with Gasteiger partial charge in [-0.25, -0.2) is 26.3 Å². The first-order chi connectivity index (χ1) is 13.6. The number of aliphatic hydroxyl groups excluding tert-OH is 1. The number of nitrogens with one attached hydrogen (secondary N) is 2. The Bertz CT molecular complexity index is 1040. The Hall–Kier alpha value is -2.37. The first-order valence-electron chi connectivity index (χ1n) is 8.88. The summed E-state index contributed by atoms with van der Waals surface area (Å²) in [5.74, 6) is -4.85. The van der Waals surface area contributed by atoms with E-state index in [-0.39, 0.29) is 18.2 Å². The lowest BCUT2D eigenvalue weighted by Crippen LogP contribution is -2.38. The maximum Gasteiger partial charge on any atom is 0.275 e. The number of aromatic nitrogens is 1. The van der Waals surface area contributed by atoms with Crippen molar-refractivity contribution in [3.05, 3.63) is 47.5 Å². The van der Waals surface area contributed by atoms with E-state index in [0.717, 1.165) is 35.4 Å². The Morgan fingerprint density at radius 3 is 2.62 bits per heavy atom. The van der Waals surface area contributed by atoms with E-state index in [1.54, 1.807) is 0 Å². The molecule has 1 heterocycles. The van der Waals surface area contributed by atoms with Gasteiger partial charge in [0.15, 0.2) is 17.5 Å². The van der Waals surface area contributed by atoms with Gasteiger partial charge in [-0.15, -0.1) is 0 Å². The smallest absolute Gasteiger partial charge is 0.275 e. The zero-order valence-electron chi connectivity index (χ0n) is 15.5. The second-order valence-corrected chi connectivity index (χ2v) is 8.63. The van der Waals surface area contributed by atoms with Gasteiger partial charge in [-0.2, -0.15) is 0 Å². The van der Waals surface area contributed by atoms with Gasteiger partial charge in [0, 0.05) is 37.6 Å². The molecule has 1 aromatic carbocycles. The summed E-state index contributed by atoms with van der Waals surface area (Å²) < 4.78 is 69.8. The number of carbonyl (C=O) groups is 1. The van der Waals surface area contributed by atoms with E-state index in [0.29, 0.717) is 12.8 Å². The number of hydrogen-bond acceptors (Lipinski definition) is 4. The summed E-state index contributed by atoms with van der Waals surface area (Å²) in [5.41, 5.74) is -0.700. The number of aliphatic hydroxyl groups is 1. The van der Waals surface area contributed by atoms with Crippen LogP contribution in [0.15, 0.2) is 29.3 Å². The van der Waals surface area contributed by atoms with Crippen LogP contribution < -0.4 is 10.0 Å². The third kappa shape index (κ3) is 4.31. The Labute approximate surface area is 165 Å². The molecular weight excluding hydrogens is 411 g/mol. The Kier molecular flexibility index (Phi) is 6.01. The van der Waals surface area contributed by atoms with Crippen LogP contribution >= 0.6 is 0 Å². The minimum atomic E-state index is -4.28. The van der Waals surface area contributed by atoms with Crippen molar-refractivity contribution in [2.24, 2.45) is 13.0 Å². The topological polar surface area (TPSA) is 100 Å². The Morgan fingerprint density at radius 1 is 1.24 bits per heavy atom. The van der Waals surface area contributed by atoms with E-state index in [4.69, 9.17) is 0 Å². The average molecular weight is 431 g/mol. The first-order valence-corrected chi connectivity index (χ1v) is 10.4. The minimum absolute atomic E-state index is 0.117. The standard InChI is InChI=1S/C18H20F3N3O4S/c1-24-8-15(29(27,28)23-14-4-2-3-10(14)9-25)16(21)17(24)18(26)22-11-5-6-12(19)13(20)7-11/h5-8,10,14,23,25H,2-4,9H2,1H3,(H,22,26)/t10-,14+/m1/s1. The quantitative estimate of drug-likeness (QED) is 0.652. The van der Waals surface area contributed by atoms with Gasteiger partial charge in [0.1, 0.15) is 10.6 Å². The molecule has 0 saturated heterocycles. The maximum atomic E-state index is 14.9. The molecule has 1 saturated carbocycles. The third-order valence-corrected chi connectivity index (χ3v) is 6.45. The van der Waals surface area contributed by atoms with Crippen molar-refractivity contribution >= 4 is 21.6 Å². The fraction of sp³-hybridized carbons (Fsp3) is 0.389. The number of carbonyl (C=O) groups excluding carboxylic acids is 1. The molecular formula is C18H20F3N3O4S. The second kappa shape index (κ2) is 8.17. The molecule has 1 aromatic heterocycles. The van der Waals surface area contributed by atoms with Crippen LogP contribution in [0.3, 0.4) is 0 Å². The lowest BCUT2D eigenvalue weighted by Gasteiger charge is -2.18. The Morgan fingerprint density at radius 2 is 1.97 bits per heavy atom. The van der Waals surface area contributed by atoms with Crippen LogP contribution in [-0.4, -0.2) is 36.6 Å². The highest BCUT2D eigenvalue weighted by atomic mass is 32.2. The van der Waals surface area contributed by atoms with E-state index in [9.17, 15) is 31.5 Å². The molecule has 11 heteroatoms. The van der Waals surface area contributed by atoms with Gasteiger partial charge in [0.05, 0.1) is 0 Å². The minimum Gasteiger partial charge on any atom is -0.396 e. The van der Waals surface area contributed by atoms with E-state index >= 15 is 0 Å². The molecule has 2 aromatic rings. The summed E-state index contributed by atoms with van der Waals surface area (Å²) in [4.78, 5) is 11.7. The van der Waals surface area contributed by atoms with Crippen molar-refractivity contribution in [2.75, 3.05) is 11.9 Å². The molecule has 0 radical (unpaired) electrons. The summed E-state index contributed by atoms with van der Waals surface area (Å²) in [7, 11) is -3.00. The number of halogens is 3. The van der Waals surface area contributed by atoms with Crippen LogP contribution in [-0.2, 0) is 17.1 Å². The number of aryl methyl sites for hydroxylation is 1. The van der Waals surface area contributed by atoms with Gasteiger partial charge in [0.2, 0.25) is 10.0 Å². The average Bonchev–Trinajstić information content (AvgIpc) is 3.21. The number of benzene rings is 1. The molecule has 29 heavy (non-hydrogen) atoms. The number of anilines is 1. The largest absolute Gasteiger partial charge is 0.396 e. The van der Waals surface area contributed by atoms with Crippen molar-refractivity contribution < 1.29 is 31.5 Å². The highest BCUT2D eigenvalue weighted by molar-refractivity contribution is 7.89. The van der Waals surface area contributed by atoms with Gasteiger partial charge in [-0.1, -0.05) is 6.42 Å². The molecule has 2 atom stereocenters. The van der Waals surface area contributed by atoms with E-state index in [2.05, 4.69) is 10.0 Å².